The molecule has 0 N–H and O–H groups in total. The van der Waals surface area contributed by atoms with Crippen molar-refractivity contribution in [1.29, 1.82) is 0 Å². The lowest BCUT2D eigenvalue weighted by atomic mass is 10.1. The Hall–Kier alpha value is -2.09. The summed E-state index contributed by atoms with van der Waals surface area (Å²) in [5.74, 6) is 0.779. The predicted octanol–water partition coefficient (Wildman–Crippen LogP) is 1.31. The molecule has 0 saturated heterocycles. The first-order valence-electron chi connectivity index (χ1n) is 4.79. The monoisotopic (exact) mass is 195 g/mol. The highest BCUT2D eigenvalue weighted by atomic mass is 16.6. The summed E-state index contributed by atoms with van der Waals surface area (Å²) in [6.07, 6.45) is 0. The summed E-state index contributed by atoms with van der Waals surface area (Å²) in [6.45, 7) is 4.01. The van der Waals surface area contributed by atoms with Crippen molar-refractivity contribution in [1.82, 2.24) is 0 Å². The van der Waals surface area contributed by atoms with Gasteiger partial charge in [-0.3, -0.25) is 0 Å². The molecule has 0 aliphatic carbocycles. The van der Waals surface area contributed by atoms with Crippen LogP contribution in [0.25, 0.3) is 6.58 Å². The maximum Gasteiger partial charge on any atom is 0.166 e. The van der Waals surface area contributed by atoms with Crippen LogP contribution in [0.3, 0.4) is 0 Å². The summed E-state index contributed by atoms with van der Waals surface area (Å²) in [5, 5.41) is 8.01. The number of nitrogens with zero attached hydrogens (tertiary/aromatic N) is 1. The van der Waals surface area contributed by atoms with E-state index in [0.717, 1.165) is 26.8 Å². The average molecular weight is 195 g/mol. The fraction of sp³-hybridized carbons (Fsp3) is 0. The molecule has 2 heteroatoms. The molecule has 0 saturated carbocycles. The van der Waals surface area contributed by atoms with Gasteiger partial charge in [-0.15, -0.1) is 0 Å². The van der Waals surface area contributed by atoms with Gasteiger partial charge < -0.3 is 4.84 Å². The van der Waals surface area contributed by atoms with Gasteiger partial charge in [-0.25, -0.2) is 0 Å². The molecule has 1 heterocycles. The van der Waals surface area contributed by atoms with E-state index in [1.165, 1.54) is 0 Å². The fourth-order valence-corrected chi connectivity index (χ4v) is 1.82. The lowest BCUT2D eigenvalue weighted by Crippen LogP contribution is -2.15. The zero-order valence-corrected chi connectivity index (χ0v) is 8.10. The quantitative estimate of drug-likeness (QED) is 0.621. The van der Waals surface area contributed by atoms with Crippen molar-refractivity contribution < 1.29 is 4.84 Å². The SMILES string of the molecule is C=c1cccc2c1=c1ccccc1=NO2. The molecule has 0 fully saturated rings. The molecule has 1 aliphatic heterocycles. The van der Waals surface area contributed by atoms with E-state index in [4.69, 9.17) is 4.84 Å². The van der Waals surface area contributed by atoms with E-state index in [0.29, 0.717) is 0 Å². The smallest absolute Gasteiger partial charge is 0.166 e. The molecular weight excluding hydrogens is 186 g/mol. The van der Waals surface area contributed by atoms with Gasteiger partial charge in [-0.2, -0.15) is 0 Å². The summed E-state index contributed by atoms with van der Waals surface area (Å²) < 4.78 is 0. The van der Waals surface area contributed by atoms with Crippen molar-refractivity contribution in [2.45, 2.75) is 0 Å². The minimum atomic E-state index is 0.779. The molecule has 0 radical (unpaired) electrons. The molecule has 0 amide bonds. The number of hydrogen-bond acceptors (Lipinski definition) is 2. The van der Waals surface area contributed by atoms with Gasteiger partial charge in [0, 0.05) is 10.4 Å². The summed E-state index contributed by atoms with van der Waals surface area (Å²) in [5.41, 5.74) is 0. The highest BCUT2D eigenvalue weighted by Gasteiger charge is 2.03. The van der Waals surface area contributed by atoms with Crippen LogP contribution in [0.1, 0.15) is 0 Å². The van der Waals surface area contributed by atoms with Crippen molar-refractivity contribution in [2.24, 2.45) is 5.16 Å². The molecule has 2 nitrogen and oxygen atoms in total. The van der Waals surface area contributed by atoms with Gasteiger partial charge in [0.2, 0.25) is 0 Å². The maximum absolute atomic E-state index is 5.32. The van der Waals surface area contributed by atoms with Crippen molar-refractivity contribution in [3.05, 3.63) is 63.5 Å². The molecule has 3 rings (SSSR count). The average Bonchev–Trinajstić information content (AvgIpc) is 2.29. The van der Waals surface area contributed by atoms with Crippen LogP contribution in [0.15, 0.2) is 47.6 Å². The first-order valence-corrected chi connectivity index (χ1v) is 4.79. The molecule has 0 unspecified atom stereocenters. The van der Waals surface area contributed by atoms with Crippen LogP contribution in [0, 0.1) is 10.4 Å². The largest absolute Gasteiger partial charge is 0.356 e. The van der Waals surface area contributed by atoms with E-state index in [1.807, 2.05) is 42.5 Å². The normalized spacial score (nSPS) is 12.0. The Bertz CT molecular complexity index is 719. The Balaban J connectivity index is 2.77. The van der Waals surface area contributed by atoms with Gasteiger partial charge in [0.05, 0.1) is 0 Å². The lowest BCUT2D eigenvalue weighted by Gasteiger charge is -2.05. The third-order valence-corrected chi connectivity index (χ3v) is 2.53. The number of fused-ring (bicyclic) bond motifs is 2. The first-order chi connectivity index (χ1) is 7.36. The first kappa shape index (κ1) is 8.24. The van der Waals surface area contributed by atoms with E-state index in [1.54, 1.807) is 0 Å². The van der Waals surface area contributed by atoms with E-state index in [9.17, 15) is 0 Å². The molecule has 0 bridgehead atoms. The van der Waals surface area contributed by atoms with Gasteiger partial charge in [-0.05, 0) is 17.4 Å². The molecule has 2 aromatic carbocycles. The van der Waals surface area contributed by atoms with Gasteiger partial charge in [0.15, 0.2) is 5.75 Å². The molecule has 0 aromatic heterocycles. The van der Waals surface area contributed by atoms with Crippen LogP contribution in [-0.2, 0) is 0 Å². The van der Waals surface area contributed by atoms with E-state index < -0.39 is 0 Å². The van der Waals surface area contributed by atoms with Gasteiger partial charge in [0.25, 0.3) is 0 Å². The van der Waals surface area contributed by atoms with Gasteiger partial charge >= 0.3 is 0 Å². The van der Waals surface area contributed by atoms with Crippen LogP contribution in [-0.4, -0.2) is 0 Å². The molecule has 0 atom stereocenters. The van der Waals surface area contributed by atoms with Gasteiger partial charge in [0.1, 0.15) is 5.36 Å². The topological polar surface area (TPSA) is 21.6 Å². The third kappa shape index (κ3) is 1.15. The van der Waals surface area contributed by atoms with Crippen molar-refractivity contribution in [3.8, 4) is 5.75 Å². The summed E-state index contributed by atoms with van der Waals surface area (Å²) in [7, 11) is 0. The fourth-order valence-electron chi connectivity index (χ4n) is 1.82. The van der Waals surface area contributed by atoms with E-state index >= 15 is 0 Å². The number of hydrogen-bond donors (Lipinski definition) is 0. The maximum atomic E-state index is 5.32. The molecular formula is C13H9NO. The highest BCUT2D eigenvalue weighted by Crippen LogP contribution is 2.11. The van der Waals surface area contributed by atoms with Crippen LogP contribution in [0.4, 0.5) is 0 Å². The molecule has 0 spiro atoms. The van der Waals surface area contributed by atoms with Crippen LogP contribution >= 0.6 is 0 Å². The van der Waals surface area contributed by atoms with Crippen molar-refractivity contribution in [3.63, 3.8) is 0 Å². The zero-order chi connectivity index (χ0) is 10.3. The van der Waals surface area contributed by atoms with Crippen molar-refractivity contribution >= 4 is 6.58 Å². The molecule has 1 aliphatic rings. The van der Waals surface area contributed by atoms with Crippen LogP contribution in [0.2, 0.25) is 0 Å². The summed E-state index contributed by atoms with van der Waals surface area (Å²) in [4.78, 5) is 5.32. The molecule has 15 heavy (non-hydrogen) atoms. The Morgan fingerprint density at radius 1 is 1.00 bits per heavy atom. The standard InChI is InChI=1S/C13H9NO/c1-9-5-4-8-12-13(9)10-6-2-3-7-11(10)14-15-12/h2-8H,1H2. The minimum Gasteiger partial charge on any atom is -0.356 e. The van der Waals surface area contributed by atoms with Crippen LogP contribution in [0.5, 0.6) is 5.75 Å². The van der Waals surface area contributed by atoms with E-state index in [2.05, 4.69) is 11.7 Å². The predicted molar refractivity (Wildman–Crippen MR) is 57.5 cm³/mol. The second-order valence-corrected chi connectivity index (χ2v) is 3.49. The highest BCUT2D eigenvalue weighted by molar-refractivity contribution is 5.31. The summed E-state index contributed by atoms with van der Waals surface area (Å²) in [6, 6.07) is 13.7. The second-order valence-electron chi connectivity index (χ2n) is 3.49. The zero-order valence-electron chi connectivity index (χ0n) is 8.10. The number of rotatable bonds is 0. The second kappa shape index (κ2) is 2.95. The Morgan fingerprint density at radius 2 is 1.87 bits per heavy atom. The van der Waals surface area contributed by atoms with Crippen molar-refractivity contribution in [2.75, 3.05) is 0 Å². The Kier molecular flexibility index (Phi) is 1.62. The molecule has 72 valence electrons. The van der Waals surface area contributed by atoms with Crippen LogP contribution < -0.4 is 15.4 Å². The summed E-state index contributed by atoms with van der Waals surface area (Å²) >= 11 is 0. The minimum absolute atomic E-state index is 0.779. The molecule has 2 aromatic rings. The Labute approximate surface area is 86.4 Å². The number of benzene rings is 2. The van der Waals surface area contributed by atoms with Gasteiger partial charge in [-0.1, -0.05) is 42.1 Å². The Morgan fingerprint density at radius 3 is 2.80 bits per heavy atom. The third-order valence-electron chi connectivity index (χ3n) is 2.53. The lowest BCUT2D eigenvalue weighted by molar-refractivity contribution is 0.316. The van der Waals surface area contributed by atoms with E-state index in [-0.39, 0.29) is 0 Å².